The third-order valence-electron chi connectivity index (χ3n) is 7.60. The molecular formula is C28H27N3O2S. The van der Waals surface area contributed by atoms with Crippen LogP contribution in [-0.4, -0.2) is 27.3 Å². The number of Topliss-reactive ketones (excluding diaryl/α,β-unsaturated/α-hetero) is 1. The second kappa shape index (κ2) is 8.20. The van der Waals surface area contributed by atoms with Crippen molar-refractivity contribution in [1.29, 1.82) is 0 Å². The lowest BCUT2D eigenvalue weighted by molar-refractivity contribution is -0.134. The van der Waals surface area contributed by atoms with E-state index in [1.54, 1.807) is 18.3 Å². The molecule has 172 valence electrons. The van der Waals surface area contributed by atoms with E-state index in [1.165, 1.54) is 0 Å². The van der Waals surface area contributed by atoms with E-state index in [9.17, 15) is 9.59 Å². The van der Waals surface area contributed by atoms with E-state index < -0.39 is 0 Å². The van der Waals surface area contributed by atoms with Crippen molar-refractivity contribution in [1.82, 2.24) is 14.9 Å². The molecule has 0 aliphatic heterocycles. The summed E-state index contributed by atoms with van der Waals surface area (Å²) in [6.07, 6.45) is 7.96. The molecule has 1 aromatic carbocycles. The number of hydrogen-bond acceptors (Lipinski definition) is 4. The van der Waals surface area contributed by atoms with Crippen molar-refractivity contribution in [2.75, 3.05) is 0 Å². The van der Waals surface area contributed by atoms with Gasteiger partial charge in [0, 0.05) is 41.8 Å². The number of carbonyl (C=O) groups excluding carboxylic acids is 2. The van der Waals surface area contributed by atoms with Gasteiger partial charge in [-0.15, -0.1) is 11.3 Å². The highest BCUT2D eigenvalue weighted by Crippen LogP contribution is 2.58. The zero-order valence-corrected chi connectivity index (χ0v) is 20.0. The van der Waals surface area contributed by atoms with Crippen LogP contribution in [0.15, 0.2) is 66.3 Å². The fourth-order valence-electron chi connectivity index (χ4n) is 5.76. The Balaban J connectivity index is 1.14. The number of aromatic nitrogens is 2. The molecule has 1 N–H and O–H groups in total. The molecule has 0 radical (unpaired) electrons. The second-order valence-corrected chi connectivity index (χ2v) is 10.9. The molecule has 0 unspecified atom stereocenters. The normalized spacial score (nSPS) is 23.4. The van der Waals surface area contributed by atoms with Gasteiger partial charge in [0.05, 0.1) is 21.5 Å². The fourth-order valence-corrected chi connectivity index (χ4v) is 6.70. The van der Waals surface area contributed by atoms with E-state index in [1.807, 2.05) is 29.8 Å². The first kappa shape index (κ1) is 21.3. The number of thiophene rings is 1. The van der Waals surface area contributed by atoms with Gasteiger partial charge in [0.1, 0.15) is 5.78 Å². The van der Waals surface area contributed by atoms with Crippen molar-refractivity contribution in [2.24, 2.45) is 11.3 Å². The van der Waals surface area contributed by atoms with Gasteiger partial charge in [0.25, 0.3) is 5.91 Å². The number of pyridine rings is 1. The number of fused-ring (bicyclic) bond motifs is 1. The van der Waals surface area contributed by atoms with Crippen molar-refractivity contribution >= 4 is 33.2 Å². The Hall–Kier alpha value is -3.25. The molecule has 2 saturated carbocycles. The van der Waals surface area contributed by atoms with Crippen LogP contribution < -0.4 is 5.32 Å². The summed E-state index contributed by atoms with van der Waals surface area (Å²) in [4.78, 5) is 29.3. The molecule has 2 aliphatic rings. The molecule has 2 fully saturated rings. The summed E-state index contributed by atoms with van der Waals surface area (Å²) in [5, 5.41) is 5.21. The minimum absolute atomic E-state index is 0.00559. The number of nitrogens with one attached hydrogen (secondary N) is 1. The smallest absolute Gasteiger partial charge is 0.254 e. The third-order valence-corrected chi connectivity index (χ3v) is 8.54. The predicted octanol–water partition coefficient (Wildman–Crippen LogP) is 5.69. The maximum atomic E-state index is 13.1. The average Bonchev–Trinajstić information content (AvgIpc) is 3.38. The van der Waals surface area contributed by atoms with Crippen molar-refractivity contribution in [3.8, 4) is 11.3 Å². The number of hydrogen-bond donors (Lipinski definition) is 1. The molecule has 4 aromatic rings. The highest BCUT2D eigenvalue weighted by molar-refractivity contribution is 7.17. The molecule has 0 atom stereocenters. The van der Waals surface area contributed by atoms with Crippen LogP contribution in [0.3, 0.4) is 0 Å². The molecule has 3 aromatic heterocycles. The maximum absolute atomic E-state index is 13.1. The zero-order valence-electron chi connectivity index (χ0n) is 19.2. The van der Waals surface area contributed by atoms with E-state index >= 15 is 0 Å². The van der Waals surface area contributed by atoms with Gasteiger partial charge in [0.2, 0.25) is 0 Å². The Morgan fingerprint density at radius 1 is 1.09 bits per heavy atom. The van der Waals surface area contributed by atoms with Crippen LogP contribution in [0.5, 0.6) is 0 Å². The lowest BCUT2D eigenvalue weighted by atomic mass is 9.49. The summed E-state index contributed by atoms with van der Waals surface area (Å²) >= 11 is 1.61. The summed E-state index contributed by atoms with van der Waals surface area (Å²) in [5.41, 5.74) is 5.19. The van der Waals surface area contributed by atoms with Crippen molar-refractivity contribution in [3.05, 3.63) is 77.4 Å². The van der Waals surface area contributed by atoms with Crippen LogP contribution >= 0.6 is 11.3 Å². The van der Waals surface area contributed by atoms with Gasteiger partial charge in [-0.1, -0.05) is 36.4 Å². The van der Waals surface area contributed by atoms with Gasteiger partial charge < -0.3 is 9.88 Å². The molecule has 3 heterocycles. The largest absolute Gasteiger partial charge is 0.349 e. The minimum Gasteiger partial charge on any atom is -0.349 e. The van der Waals surface area contributed by atoms with E-state index in [0.29, 0.717) is 17.7 Å². The lowest BCUT2D eigenvalue weighted by Gasteiger charge is -2.57. The number of nitrogens with zero attached hydrogens (tertiary/aromatic N) is 2. The highest BCUT2D eigenvalue weighted by Gasteiger charge is 2.54. The van der Waals surface area contributed by atoms with Crippen LogP contribution in [0.1, 0.15) is 48.5 Å². The van der Waals surface area contributed by atoms with Crippen LogP contribution in [0.25, 0.3) is 21.5 Å². The third kappa shape index (κ3) is 3.76. The Labute approximate surface area is 202 Å². The quantitative estimate of drug-likeness (QED) is 0.394. The molecule has 0 bridgehead atoms. The Morgan fingerprint density at radius 2 is 1.88 bits per heavy atom. The molecular weight excluding hydrogens is 442 g/mol. The lowest BCUT2D eigenvalue weighted by Crippen LogP contribution is -2.57. The van der Waals surface area contributed by atoms with Crippen LogP contribution in [0.4, 0.5) is 0 Å². The van der Waals surface area contributed by atoms with Crippen LogP contribution in [0.2, 0.25) is 0 Å². The first-order valence-electron chi connectivity index (χ1n) is 11.9. The van der Waals surface area contributed by atoms with Gasteiger partial charge >= 0.3 is 0 Å². The number of amides is 1. The van der Waals surface area contributed by atoms with E-state index in [4.69, 9.17) is 0 Å². The van der Waals surface area contributed by atoms with Crippen molar-refractivity contribution < 1.29 is 9.59 Å². The summed E-state index contributed by atoms with van der Waals surface area (Å²) in [7, 11) is 0. The Bertz CT molecular complexity index is 1360. The summed E-state index contributed by atoms with van der Waals surface area (Å²) in [6.45, 7) is 2.36. The maximum Gasteiger partial charge on any atom is 0.254 e. The first-order valence-corrected chi connectivity index (χ1v) is 12.8. The summed E-state index contributed by atoms with van der Waals surface area (Å²) in [5.74, 6) is 0.558. The molecule has 5 nitrogen and oxygen atoms in total. The van der Waals surface area contributed by atoms with E-state index in [0.717, 1.165) is 58.3 Å². The summed E-state index contributed by atoms with van der Waals surface area (Å²) in [6, 6.07) is 16.6. The summed E-state index contributed by atoms with van der Waals surface area (Å²) < 4.78 is 3.26. The van der Waals surface area contributed by atoms with E-state index in [2.05, 4.69) is 51.4 Å². The van der Waals surface area contributed by atoms with Gasteiger partial charge in [-0.05, 0) is 55.7 Å². The second-order valence-electron chi connectivity index (χ2n) is 10.0. The molecule has 2 aliphatic carbocycles. The monoisotopic (exact) mass is 469 g/mol. The van der Waals surface area contributed by atoms with Gasteiger partial charge in [-0.3, -0.25) is 14.6 Å². The standard InChI is InChI=1S/C28H27N3O2S/c1-18(32)21-11-28(12-21)13-22(14-28)30-27(33)23-17-34-25-9-10-31(26(23)25)16-19-7-8-24(29-15-19)20-5-3-2-4-6-20/h2-10,15,17,21-22H,11-14,16H2,1H3,(H,30,33). The molecule has 34 heavy (non-hydrogen) atoms. The topological polar surface area (TPSA) is 64.0 Å². The number of carbonyl (C=O) groups is 2. The Morgan fingerprint density at radius 3 is 2.59 bits per heavy atom. The number of ketones is 1. The van der Waals surface area contributed by atoms with Crippen molar-refractivity contribution in [2.45, 2.75) is 45.2 Å². The molecule has 1 spiro atoms. The zero-order chi connectivity index (χ0) is 23.3. The molecule has 6 rings (SSSR count). The minimum atomic E-state index is 0.00559. The Kier molecular flexibility index (Phi) is 5.14. The SMILES string of the molecule is CC(=O)C1CC2(CC(NC(=O)c3csc4ccn(Cc5ccc(-c6ccccc6)nc5)c34)C2)C1. The average molecular weight is 470 g/mol. The fraction of sp³-hybridized carbons (Fsp3) is 0.321. The number of benzene rings is 1. The predicted molar refractivity (Wildman–Crippen MR) is 135 cm³/mol. The molecule has 0 saturated heterocycles. The first-order chi connectivity index (χ1) is 16.5. The van der Waals surface area contributed by atoms with Crippen LogP contribution in [-0.2, 0) is 11.3 Å². The highest BCUT2D eigenvalue weighted by atomic mass is 32.1. The molecule has 1 amide bonds. The van der Waals surface area contributed by atoms with Gasteiger partial charge in [-0.25, -0.2) is 0 Å². The van der Waals surface area contributed by atoms with Gasteiger partial charge in [0.15, 0.2) is 0 Å². The van der Waals surface area contributed by atoms with Crippen LogP contribution in [0, 0.1) is 11.3 Å². The van der Waals surface area contributed by atoms with E-state index in [-0.39, 0.29) is 17.9 Å². The van der Waals surface area contributed by atoms with Crippen molar-refractivity contribution in [3.63, 3.8) is 0 Å². The molecule has 6 heteroatoms. The van der Waals surface area contributed by atoms with Gasteiger partial charge in [-0.2, -0.15) is 0 Å². The number of rotatable bonds is 6.